The van der Waals surface area contributed by atoms with E-state index in [1.54, 1.807) is 29.2 Å². The first-order valence-electron chi connectivity index (χ1n) is 13.2. The second kappa shape index (κ2) is 11.9. The van der Waals surface area contributed by atoms with Crippen LogP contribution in [0.2, 0.25) is 0 Å². The number of oxazole rings is 1. The molecule has 16 heteroatoms. The van der Waals surface area contributed by atoms with Crippen LogP contribution < -0.4 is 4.90 Å². The van der Waals surface area contributed by atoms with Crippen molar-refractivity contribution in [3.05, 3.63) is 100 Å². The number of carbonyl (C=O) groups is 1. The highest BCUT2D eigenvalue weighted by molar-refractivity contribution is 7.98. The first kappa shape index (κ1) is 29.0. The van der Waals surface area contributed by atoms with Gasteiger partial charge in [0.05, 0.1) is 28.2 Å². The van der Waals surface area contributed by atoms with Gasteiger partial charge in [-0.15, -0.1) is 10.2 Å². The van der Waals surface area contributed by atoms with Crippen molar-refractivity contribution in [2.75, 3.05) is 31.1 Å². The van der Waals surface area contributed by atoms with E-state index in [2.05, 4.69) is 15.2 Å². The van der Waals surface area contributed by atoms with Crippen molar-refractivity contribution < 1.29 is 31.7 Å². The Morgan fingerprint density at radius 3 is 2.43 bits per heavy atom. The number of carbonyl (C=O) groups excluding carboxylic acids is 1. The van der Waals surface area contributed by atoms with E-state index >= 15 is 0 Å². The molecular weight excluding hydrogens is 603 g/mol. The fourth-order valence-electron chi connectivity index (χ4n) is 4.70. The normalized spacial score (nSPS) is 13.8. The quantitative estimate of drug-likeness (QED) is 0.120. The molecule has 12 nitrogen and oxygen atoms in total. The molecule has 0 bridgehead atoms. The van der Waals surface area contributed by atoms with E-state index in [0.717, 1.165) is 29.6 Å². The van der Waals surface area contributed by atoms with Gasteiger partial charge in [0.25, 0.3) is 11.6 Å². The van der Waals surface area contributed by atoms with E-state index in [4.69, 9.17) is 8.83 Å². The van der Waals surface area contributed by atoms with Gasteiger partial charge in [-0.3, -0.25) is 19.5 Å². The lowest BCUT2D eigenvalue weighted by Crippen LogP contribution is -2.48. The third kappa shape index (κ3) is 6.01. The molecule has 0 saturated carbocycles. The minimum atomic E-state index is -4.54. The Kier molecular flexibility index (Phi) is 7.82. The van der Waals surface area contributed by atoms with E-state index in [9.17, 15) is 28.1 Å². The fraction of sp³-hybridized carbons (Fsp3) is 0.214. The first-order chi connectivity index (χ1) is 21.2. The number of alkyl halides is 3. The summed E-state index contributed by atoms with van der Waals surface area (Å²) in [6.07, 6.45) is -1.85. The summed E-state index contributed by atoms with van der Waals surface area (Å²) in [5.74, 6) is 0.574. The molecule has 1 aliphatic heterocycles. The van der Waals surface area contributed by atoms with Crippen LogP contribution >= 0.6 is 11.8 Å². The van der Waals surface area contributed by atoms with Crippen LogP contribution in [0.4, 0.5) is 24.5 Å². The predicted octanol–water partition coefficient (Wildman–Crippen LogP) is 5.70. The summed E-state index contributed by atoms with van der Waals surface area (Å²) in [7, 11) is 0. The SMILES string of the molecule is O=C(c1coc(CSc2nnc(-c3ccco3)n2-c2cccc(C(F)(F)F)c2)n1)N1CCN(c2ccc([N+](=O)[O-])cc2)CC1. The summed E-state index contributed by atoms with van der Waals surface area (Å²) in [6.45, 7) is 1.91. The Hall–Kier alpha value is -5.12. The number of furan rings is 1. The van der Waals surface area contributed by atoms with Gasteiger partial charge in [-0.2, -0.15) is 13.2 Å². The number of nitro groups is 1. The zero-order valence-corrected chi connectivity index (χ0v) is 23.5. The van der Waals surface area contributed by atoms with E-state index in [-0.39, 0.29) is 45.6 Å². The number of benzene rings is 2. The van der Waals surface area contributed by atoms with Crippen LogP contribution in [0.3, 0.4) is 0 Å². The summed E-state index contributed by atoms with van der Waals surface area (Å²) in [6, 6.07) is 14.3. The molecule has 1 saturated heterocycles. The second-order valence-corrected chi connectivity index (χ2v) is 10.6. The smallest absolute Gasteiger partial charge is 0.416 e. The molecule has 0 radical (unpaired) electrons. The van der Waals surface area contributed by atoms with Crippen LogP contribution in [0.5, 0.6) is 0 Å². The van der Waals surface area contributed by atoms with Crippen LogP contribution in [0.15, 0.2) is 87.2 Å². The number of hydrogen-bond donors (Lipinski definition) is 0. The Morgan fingerprint density at radius 2 is 1.75 bits per heavy atom. The molecule has 6 rings (SSSR count). The van der Waals surface area contributed by atoms with Crippen molar-refractivity contribution in [1.29, 1.82) is 0 Å². The van der Waals surface area contributed by atoms with E-state index < -0.39 is 16.7 Å². The number of rotatable bonds is 8. The third-order valence-corrected chi connectivity index (χ3v) is 7.81. The number of nitro benzene ring substituents is 1. The molecule has 0 unspecified atom stereocenters. The number of thioether (sulfide) groups is 1. The maximum absolute atomic E-state index is 13.5. The van der Waals surface area contributed by atoms with Gasteiger partial charge in [0, 0.05) is 44.0 Å². The van der Waals surface area contributed by atoms with Crippen LogP contribution in [-0.4, -0.2) is 61.7 Å². The van der Waals surface area contributed by atoms with Crippen LogP contribution in [0.25, 0.3) is 17.3 Å². The number of hydrogen-bond acceptors (Lipinski definition) is 10. The average Bonchev–Trinajstić information content (AvgIpc) is 3.81. The summed E-state index contributed by atoms with van der Waals surface area (Å²) < 4.78 is 52.8. The van der Waals surface area contributed by atoms with Crippen LogP contribution in [0.1, 0.15) is 21.9 Å². The molecular formula is C28H22F3N7O5S. The van der Waals surface area contributed by atoms with Crippen molar-refractivity contribution in [2.45, 2.75) is 17.1 Å². The van der Waals surface area contributed by atoms with Crippen molar-refractivity contribution in [1.82, 2.24) is 24.6 Å². The van der Waals surface area contributed by atoms with Gasteiger partial charge in [0.1, 0.15) is 6.26 Å². The first-order valence-corrected chi connectivity index (χ1v) is 14.2. The number of piperazine rings is 1. The number of amides is 1. The Balaban J connectivity index is 1.13. The summed E-state index contributed by atoms with van der Waals surface area (Å²) in [5.41, 5.74) is 0.331. The van der Waals surface area contributed by atoms with Crippen LogP contribution in [0, 0.1) is 10.1 Å². The highest BCUT2D eigenvalue weighted by Gasteiger charge is 2.31. The zero-order chi connectivity index (χ0) is 30.8. The topological polar surface area (TPSA) is 137 Å². The lowest BCUT2D eigenvalue weighted by Gasteiger charge is -2.35. The summed E-state index contributed by atoms with van der Waals surface area (Å²) in [4.78, 5) is 31.6. The predicted molar refractivity (Wildman–Crippen MR) is 151 cm³/mol. The third-order valence-electron chi connectivity index (χ3n) is 6.89. The number of anilines is 1. The highest BCUT2D eigenvalue weighted by atomic mass is 32.2. The van der Waals surface area contributed by atoms with Crippen molar-refractivity contribution in [3.63, 3.8) is 0 Å². The molecule has 1 amide bonds. The van der Waals surface area contributed by atoms with Gasteiger partial charge in [-0.05, 0) is 42.5 Å². The molecule has 0 aliphatic carbocycles. The molecule has 0 spiro atoms. The molecule has 1 fully saturated rings. The maximum atomic E-state index is 13.5. The molecule has 4 heterocycles. The molecule has 2 aromatic carbocycles. The van der Waals surface area contributed by atoms with Gasteiger partial charge >= 0.3 is 6.18 Å². The Morgan fingerprint density at radius 1 is 0.977 bits per heavy atom. The van der Waals surface area contributed by atoms with Gasteiger partial charge in [-0.25, -0.2) is 4.98 Å². The number of halogens is 3. The van der Waals surface area contributed by atoms with Gasteiger partial charge in [-0.1, -0.05) is 17.8 Å². The number of nitrogens with zero attached hydrogens (tertiary/aromatic N) is 7. The van der Waals surface area contributed by atoms with Crippen LogP contribution in [-0.2, 0) is 11.9 Å². The maximum Gasteiger partial charge on any atom is 0.416 e. The number of aromatic nitrogens is 4. The lowest BCUT2D eigenvalue weighted by molar-refractivity contribution is -0.384. The fourth-order valence-corrected chi connectivity index (χ4v) is 5.50. The largest absolute Gasteiger partial charge is 0.461 e. The molecule has 44 heavy (non-hydrogen) atoms. The van der Waals surface area contributed by atoms with Crippen molar-refractivity contribution in [3.8, 4) is 17.3 Å². The molecule has 226 valence electrons. The monoisotopic (exact) mass is 625 g/mol. The number of non-ortho nitro benzene ring substituents is 1. The lowest BCUT2D eigenvalue weighted by atomic mass is 10.2. The van der Waals surface area contributed by atoms with Gasteiger partial charge in [0.2, 0.25) is 11.7 Å². The van der Waals surface area contributed by atoms with E-state index in [1.165, 1.54) is 41.4 Å². The van der Waals surface area contributed by atoms with Crippen molar-refractivity contribution in [2.24, 2.45) is 0 Å². The summed E-state index contributed by atoms with van der Waals surface area (Å²) in [5, 5.41) is 19.5. The molecule has 3 aromatic heterocycles. The highest BCUT2D eigenvalue weighted by Crippen LogP contribution is 2.34. The Labute approximate surface area is 251 Å². The minimum Gasteiger partial charge on any atom is -0.461 e. The van der Waals surface area contributed by atoms with E-state index in [0.29, 0.717) is 31.9 Å². The standard InChI is InChI=1S/C28H22F3N7O5S/c29-28(30,31)18-3-1-4-21(15-18)37-25(23-5-2-14-42-23)33-34-27(37)44-17-24-32-22(16-43-24)26(39)36-12-10-35(11-13-36)19-6-8-20(9-7-19)38(40)41/h1-9,14-16H,10-13,17H2. The van der Waals surface area contributed by atoms with Gasteiger partial charge < -0.3 is 18.6 Å². The Bertz CT molecular complexity index is 1780. The van der Waals surface area contributed by atoms with Crippen molar-refractivity contribution >= 4 is 29.0 Å². The minimum absolute atomic E-state index is 0.0106. The summed E-state index contributed by atoms with van der Waals surface area (Å²) >= 11 is 1.12. The molecule has 5 aromatic rings. The molecule has 1 aliphatic rings. The zero-order valence-electron chi connectivity index (χ0n) is 22.7. The average molecular weight is 626 g/mol. The van der Waals surface area contributed by atoms with E-state index in [1.807, 2.05) is 4.90 Å². The molecule has 0 N–H and O–H groups in total. The van der Waals surface area contributed by atoms with Gasteiger partial charge in [0.15, 0.2) is 16.6 Å². The second-order valence-electron chi connectivity index (χ2n) is 9.63. The molecule has 0 atom stereocenters.